The highest BCUT2D eigenvalue weighted by Crippen LogP contribution is 2.23. The molecular formula is C15H17NO2. The molecule has 3 nitrogen and oxygen atoms in total. The molecule has 0 aliphatic heterocycles. The minimum absolute atomic E-state index is 0.158. The van der Waals surface area contributed by atoms with Crippen LogP contribution in [0, 0.1) is 0 Å². The van der Waals surface area contributed by atoms with E-state index in [9.17, 15) is 4.79 Å². The third-order valence-corrected chi connectivity index (χ3v) is 3.02. The number of pyridine rings is 1. The number of hydrogen-bond acceptors (Lipinski definition) is 2. The lowest BCUT2D eigenvalue weighted by Crippen LogP contribution is -2.01. The van der Waals surface area contributed by atoms with Gasteiger partial charge in [-0.3, -0.25) is 9.78 Å². The van der Waals surface area contributed by atoms with E-state index in [0.29, 0.717) is 12.3 Å². The summed E-state index contributed by atoms with van der Waals surface area (Å²) < 4.78 is 0. The van der Waals surface area contributed by atoms with Crippen LogP contribution >= 0.6 is 0 Å². The van der Waals surface area contributed by atoms with Gasteiger partial charge in [-0.25, -0.2) is 0 Å². The minimum Gasteiger partial charge on any atom is -0.481 e. The lowest BCUT2D eigenvalue weighted by Gasteiger charge is -2.11. The largest absolute Gasteiger partial charge is 0.481 e. The van der Waals surface area contributed by atoms with Crippen LogP contribution in [0.25, 0.3) is 10.9 Å². The maximum Gasteiger partial charge on any atom is 0.303 e. The van der Waals surface area contributed by atoms with Crippen LogP contribution < -0.4 is 0 Å². The van der Waals surface area contributed by atoms with Crippen molar-refractivity contribution in [3.05, 3.63) is 41.6 Å². The molecule has 0 aliphatic carbocycles. The van der Waals surface area contributed by atoms with E-state index in [-0.39, 0.29) is 6.42 Å². The highest BCUT2D eigenvalue weighted by Gasteiger charge is 2.09. The van der Waals surface area contributed by atoms with Crippen LogP contribution in [-0.4, -0.2) is 16.1 Å². The molecule has 0 fully saturated rings. The molecule has 0 atom stereocenters. The van der Waals surface area contributed by atoms with E-state index in [0.717, 1.165) is 22.2 Å². The number of para-hydroxylation sites is 1. The van der Waals surface area contributed by atoms with Crippen molar-refractivity contribution in [2.75, 3.05) is 0 Å². The molecule has 2 rings (SSSR count). The molecule has 1 aromatic heterocycles. The molecule has 3 heteroatoms. The van der Waals surface area contributed by atoms with Gasteiger partial charge in [0, 0.05) is 17.5 Å². The van der Waals surface area contributed by atoms with Gasteiger partial charge in [-0.15, -0.1) is 0 Å². The van der Waals surface area contributed by atoms with Gasteiger partial charge in [0.2, 0.25) is 0 Å². The Morgan fingerprint density at radius 3 is 2.72 bits per heavy atom. The molecule has 0 radical (unpaired) electrons. The Morgan fingerprint density at radius 2 is 2.06 bits per heavy atom. The van der Waals surface area contributed by atoms with Gasteiger partial charge in [0.15, 0.2) is 0 Å². The summed E-state index contributed by atoms with van der Waals surface area (Å²) in [5.41, 5.74) is 3.05. The topological polar surface area (TPSA) is 50.2 Å². The van der Waals surface area contributed by atoms with E-state index >= 15 is 0 Å². The number of carbonyl (C=O) groups is 1. The first kappa shape index (κ1) is 12.6. The molecule has 2 aromatic rings. The average molecular weight is 243 g/mol. The van der Waals surface area contributed by atoms with Crippen molar-refractivity contribution in [3.63, 3.8) is 0 Å². The van der Waals surface area contributed by atoms with E-state index in [1.54, 1.807) is 0 Å². The van der Waals surface area contributed by atoms with E-state index in [1.165, 1.54) is 0 Å². The molecule has 1 aromatic carbocycles. The quantitative estimate of drug-likeness (QED) is 0.895. The van der Waals surface area contributed by atoms with Gasteiger partial charge in [-0.2, -0.15) is 0 Å². The molecule has 0 amide bonds. The van der Waals surface area contributed by atoms with Crippen molar-refractivity contribution in [1.82, 2.24) is 4.98 Å². The van der Waals surface area contributed by atoms with Crippen LogP contribution in [0.15, 0.2) is 30.3 Å². The Balaban J connectivity index is 2.50. The van der Waals surface area contributed by atoms with Gasteiger partial charge in [-0.1, -0.05) is 32.0 Å². The SMILES string of the molecule is CC(C)c1cc(CCC(=O)O)c2ccccc2n1. The lowest BCUT2D eigenvalue weighted by atomic mass is 10.00. The summed E-state index contributed by atoms with van der Waals surface area (Å²) in [5, 5.41) is 9.87. The number of benzene rings is 1. The predicted octanol–water partition coefficient (Wildman–Crippen LogP) is 3.38. The van der Waals surface area contributed by atoms with Crippen LogP contribution in [0.1, 0.15) is 37.4 Å². The molecule has 1 heterocycles. The summed E-state index contributed by atoms with van der Waals surface area (Å²) in [6.07, 6.45) is 0.712. The third kappa shape index (κ3) is 2.67. The van der Waals surface area contributed by atoms with Gasteiger partial charge in [-0.05, 0) is 30.0 Å². The van der Waals surface area contributed by atoms with Gasteiger partial charge in [0.1, 0.15) is 0 Å². The maximum absolute atomic E-state index is 10.7. The van der Waals surface area contributed by atoms with Crippen LogP contribution in [0.4, 0.5) is 0 Å². The molecule has 94 valence electrons. The van der Waals surface area contributed by atoms with E-state index in [2.05, 4.69) is 18.8 Å². The average Bonchev–Trinajstić information content (AvgIpc) is 2.35. The lowest BCUT2D eigenvalue weighted by molar-refractivity contribution is -0.136. The Kier molecular flexibility index (Phi) is 3.60. The zero-order valence-corrected chi connectivity index (χ0v) is 10.7. The summed E-state index contributed by atoms with van der Waals surface area (Å²) in [4.78, 5) is 15.3. The van der Waals surface area contributed by atoms with Crippen molar-refractivity contribution in [2.45, 2.75) is 32.6 Å². The number of carboxylic acid groups (broad SMARTS) is 1. The highest BCUT2D eigenvalue weighted by molar-refractivity contribution is 5.83. The van der Waals surface area contributed by atoms with Crippen molar-refractivity contribution in [3.8, 4) is 0 Å². The van der Waals surface area contributed by atoms with Crippen LogP contribution in [0.2, 0.25) is 0 Å². The van der Waals surface area contributed by atoms with E-state index in [4.69, 9.17) is 5.11 Å². The number of aryl methyl sites for hydroxylation is 1. The Labute approximate surface area is 106 Å². The maximum atomic E-state index is 10.7. The van der Waals surface area contributed by atoms with E-state index in [1.807, 2.05) is 30.3 Å². The number of fused-ring (bicyclic) bond motifs is 1. The molecule has 0 saturated heterocycles. The fraction of sp³-hybridized carbons (Fsp3) is 0.333. The number of carboxylic acids is 1. The summed E-state index contributed by atoms with van der Waals surface area (Å²) in [5.74, 6) is -0.417. The van der Waals surface area contributed by atoms with Crippen molar-refractivity contribution in [2.24, 2.45) is 0 Å². The predicted molar refractivity (Wildman–Crippen MR) is 71.8 cm³/mol. The van der Waals surface area contributed by atoms with Crippen molar-refractivity contribution >= 4 is 16.9 Å². The molecule has 18 heavy (non-hydrogen) atoms. The number of nitrogens with zero attached hydrogens (tertiary/aromatic N) is 1. The Hall–Kier alpha value is -1.90. The van der Waals surface area contributed by atoms with Gasteiger partial charge in [0.05, 0.1) is 5.52 Å². The second kappa shape index (κ2) is 5.17. The third-order valence-electron chi connectivity index (χ3n) is 3.02. The molecular weight excluding hydrogens is 226 g/mol. The first-order valence-electron chi connectivity index (χ1n) is 6.18. The van der Waals surface area contributed by atoms with Gasteiger partial charge in [0.25, 0.3) is 0 Å². The fourth-order valence-corrected chi connectivity index (χ4v) is 2.01. The molecule has 0 aliphatic rings. The Morgan fingerprint density at radius 1 is 1.33 bits per heavy atom. The molecule has 0 spiro atoms. The van der Waals surface area contributed by atoms with Crippen molar-refractivity contribution < 1.29 is 9.90 Å². The minimum atomic E-state index is -0.762. The van der Waals surface area contributed by atoms with E-state index < -0.39 is 5.97 Å². The standard InChI is InChI=1S/C15H17NO2/c1-10(2)14-9-11(7-8-15(17)18)12-5-3-4-6-13(12)16-14/h3-6,9-10H,7-8H2,1-2H3,(H,17,18). The smallest absolute Gasteiger partial charge is 0.303 e. The monoisotopic (exact) mass is 243 g/mol. The number of rotatable bonds is 4. The summed E-state index contributed by atoms with van der Waals surface area (Å²) in [6.45, 7) is 4.19. The first-order valence-corrected chi connectivity index (χ1v) is 6.18. The number of hydrogen-bond donors (Lipinski definition) is 1. The van der Waals surface area contributed by atoms with Crippen LogP contribution in [0.5, 0.6) is 0 Å². The molecule has 0 saturated carbocycles. The molecule has 0 bridgehead atoms. The normalized spacial score (nSPS) is 11.1. The molecule has 1 N–H and O–H groups in total. The second-order valence-electron chi connectivity index (χ2n) is 4.77. The second-order valence-corrected chi connectivity index (χ2v) is 4.77. The summed E-state index contributed by atoms with van der Waals surface area (Å²) >= 11 is 0. The fourth-order valence-electron chi connectivity index (χ4n) is 2.01. The van der Waals surface area contributed by atoms with Gasteiger partial charge < -0.3 is 5.11 Å². The summed E-state index contributed by atoms with van der Waals surface area (Å²) in [7, 11) is 0. The highest BCUT2D eigenvalue weighted by atomic mass is 16.4. The first-order chi connectivity index (χ1) is 8.58. The van der Waals surface area contributed by atoms with Crippen LogP contribution in [0.3, 0.4) is 0 Å². The zero-order chi connectivity index (χ0) is 13.1. The zero-order valence-electron chi connectivity index (χ0n) is 10.7. The van der Waals surface area contributed by atoms with Gasteiger partial charge >= 0.3 is 5.97 Å². The number of aromatic nitrogens is 1. The molecule has 0 unspecified atom stereocenters. The Bertz CT molecular complexity index is 576. The van der Waals surface area contributed by atoms with Crippen molar-refractivity contribution in [1.29, 1.82) is 0 Å². The van der Waals surface area contributed by atoms with Crippen LogP contribution in [-0.2, 0) is 11.2 Å². The number of aliphatic carboxylic acids is 1. The summed E-state index contributed by atoms with van der Waals surface area (Å²) in [6, 6.07) is 9.94.